The standard InChI is InChI=1S/C16H19NO5S/c1-20-11-13-5-3-4-6-16(13)23(18,19)17-14-7-9-15(10-8-14)22-12-21-2/h3-10,17H,11-12H2,1-2H3. The van der Waals surface area contributed by atoms with Gasteiger partial charge in [-0.05, 0) is 35.9 Å². The molecule has 2 rings (SSSR count). The molecule has 2 aromatic carbocycles. The van der Waals surface area contributed by atoms with Gasteiger partial charge in [0.15, 0.2) is 6.79 Å². The lowest BCUT2D eigenvalue weighted by molar-refractivity contribution is 0.0511. The van der Waals surface area contributed by atoms with Crippen molar-refractivity contribution in [1.29, 1.82) is 0 Å². The maximum Gasteiger partial charge on any atom is 0.262 e. The molecule has 0 saturated heterocycles. The number of hydrogen-bond donors (Lipinski definition) is 1. The number of ether oxygens (including phenoxy) is 3. The van der Waals surface area contributed by atoms with Crippen molar-refractivity contribution in [3.8, 4) is 5.75 Å². The van der Waals surface area contributed by atoms with Crippen molar-refractivity contribution in [3.63, 3.8) is 0 Å². The highest BCUT2D eigenvalue weighted by atomic mass is 32.2. The summed E-state index contributed by atoms with van der Waals surface area (Å²) in [5.74, 6) is 0.592. The van der Waals surface area contributed by atoms with E-state index in [1.54, 1.807) is 48.5 Å². The first kappa shape index (κ1) is 17.3. The number of sulfonamides is 1. The van der Waals surface area contributed by atoms with Crippen molar-refractivity contribution >= 4 is 15.7 Å². The third-order valence-corrected chi connectivity index (χ3v) is 4.49. The smallest absolute Gasteiger partial charge is 0.262 e. The summed E-state index contributed by atoms with van der Waals surface area (Å²) in [6, 6.07) is 13.3. The highest BCUT2D eigenvalue weighted by Crippen LogP contribution is 2.22. The van der Waals surface area contributed by atoms with Crippen LogP contribution in [0.25, 0.3) is 0 Å². The van der Waals surface area contributed by atoms with Gasteiger partial charge in [0.1, 0.15) is 5.75 Å². The van der Waals surface area contributed by atoms with Gasteiger partial charge in [-0.25, -0.2) is 8.42 Å². The van der Waals surface area contributed by atoms with Gasteiger partial charge in [0.2, 0.25) is 0 Å². The summed E-state index contributed by atoms with van der Waals surface area (Å²) in [7, 11) is -0.640. The maximum atomic E-state index is 12.5. The molecule has 0 saturated carbocycles. The van der Waals surface area contributed by atoms with E-state index in [-0.39, 0.29) is 18.3 Å². The molecule has 0 amide bonds. The Bertz CT molecular complexity index is 728. The van der Waals surface area contributed by atoms with Gasteiger partial charge in [-0.15, -0.1) is 0 Å². The van der Waals surface area contributed by atoms with E-state index in [0.29, 0.717) is 17.0 Å². The highest BCUT2D eigenvalue weighted by molar-refractivity contribution is 7.92. The van der Waals surface area contributed by atoms with Crippen molar-refractivity contribution in [2.24, 2.45) is 0 Å². The van der Waals surface area contributed by atoms with Crippen molar-refractivity contribution in [2.75, 3.05) is 25.7 Å². The van der Waals surface area contributed by atoms with Gasteiger partial charge >= 0.3 is 0 Å². The van der Waals surface area contributed by atoms with Gasteiger partial charge in [-0.3, -0.25) is 4.72 Å². The Hall–Kier alpha value is -2.09. The Morgan fingerprint density at radius 2 is 1.65 bits per heavy atom. The zero-order valence-electron chi connectivity index (χ0n) is 13.0. The number of rotatable bonds is 8. The average Bonchev–Trinajstić information content (AvgIpc) is 2.55. The third kappa shape index (κ3) is 4.69. The molecule has 0 radical (unpaired) electrons. The van der Waals surface area contributed by atoms with Crippen LogP contribution in [0.3, 0.4) is 0 Å². The Balaban J connectivity index is 2.18. The minimum Gasteiger partial charge on any atom is -0.468 e. The van der Waals surface area contributed by atoms with Gasteiger partial charge in [-0.2, -0.15) is 0 Å². The summed E-state index contributed by atoms with van der Waals surface area (Å²) >= 11 is 0. The lowest BCUT2D eigenvalue weighted by Crippen LogP contribution is -2.15. The van der Waals surface area contributed by atoms with Crippen LogP contribution in [-0.4, -0.2) is 29.4 Å². The van der Waals surface area contributed by atoms with E-state index in [2.05, 4.69) is 4.72 Å². The van der Waals surface area contributed by atoms with Gasteiger partial charge in [0.05, 0.1) is 11.5 Å². The van der Waals surface area contributed by atoms with Gasteiger partial charge < -0.3 is 14.2 Å². The number of anilines is 1. The zero-order chi connectivity index (χ0) is 16.7. The summed E-state index contributed by atoms with van der Waals surface area (Å²) in [6.45, 7) is 0.357. The van der Waals surface area contributed by atoms with Gasteiger partial charge in [0.25, 0.3) is 10.0 Å². The molecule has 0 atom stereocenters. The second kappa shape index (κ2) is 7.96. The van der Waals surface area contributed by atoms with Crippen molar-refractivity contribution in [2.45, 2.75) is 11.5 Å². The average molecular weight is 337 g/mol. The molecule has 1 N–H and O–H groups in total. The second-order valence-electron chi connectivity index (χ2n) is 4.72. The van der Waals surface area contributed by atoms with Crippen LogP contribution in [0, 0.1) is 0 Å². The maximum absolute atomic E-state index is 12.5. The summed E-state index contributed by atoms with van der Waals surface area (Å²) in [6.07, 6.45) is 0. The lowest BCUT2D eigenvalue weighted by atomic mass is 10.2. The minimum atomic E-state index is -3.69. The molecular weight excluding hydrogens is 318 g/mol. The normalized spacial score (nSPS) is 11.2. The van der Waals surface area contributed by atoms with Crippen LogP contribution >= 0.6 is 0 Å². The Morgan fingerprint density at radius 3 is 2.30 bits per heavy atom. The highest BCUT2D eigenvalue weighted by Gasteiger charge is 2.18. The van der Waals surface area contributed by atoms with Crippen LogP contribution in [0.15, 0.2) is 53.4 Å². The fraction of sp³-hybridized carbons (Fsp3) is 0.250. The summed E-state index contributed by atoms with van der Waals surface area (Å²) in [5, 5.41) is 0. The number of hydrogen-bond acceptors (Lipinski definition) is 5. The summed E-state index contributed by atoms with van der Waals surface area (Å²) in [5.41, 5.74) is 1.05. The molecule has 0 heterocycles. The van der Waals surface area contributed by atoms with E-state index in [1.807, 2.05) is 0 Å². The molecule has 2 aromatic rings. The molecule has 0 aliphatic rings. The predicted molar refractivity (Wildman–Crippen MR) is 86.9 cm³/mol. The van der Waals surface area contributed by atoms with Crippen molar-refractivity contribution in [1.82, 2.24) is 0 Å². The van der Waals surface area contributed by atoms with Crippen molar-refractivity contribution in [3.05, 3.63) is 54.1 Å². The lowest BCUT2D eigenvalue weighted by Gasteiger charge is -2.12. The first-order chi connectivity index (χ1) is 11.1. The van der Waals surface area contributed by atoms with E-state index in [0.717, 1.165) is 0 Å². The van der Waals surface area contributed by atoms with Gasteiger partial charge in [0, 0.05) is 19.9 Å². The molecule has 0 aliphatic carbocycles. The van der Waals surface area contributed by atoms with Crippen LogP contribution in [0.4, 0.5) is 5.69 Å². The molecule has 0 aromatic heterocycles. The van der Waals surface area contributed by atoms with E-state index in [9.17, 15) is 8.42 Å². The molecule has 6 nitrogen and oxygen atoms in total. The van der Waals surface area contributed by atoms with E-state index < -0.39 is 10.0 Å². The molecule has 0 aliphatic heterocycles. The van der Waals surface area contributed by atoms with E-state index >= 15 is 0 Å². The van der Waals surface area contributed by atoms with Crippen LogP contribution in [0.2, 0.25) is 0 Å². The first-order valence-corrected chi connectivity index (χ1v) is 8.36. The monoisotopic (exact) mass is 337 g/mol. The van der Waals surface area contributed by atoms with E-state index in [1.165, 1.54) is 14.2 Å². The molecule has 0 bridgehead atoms. The molecule has 0 unspecified atom stereocenters. The molecule has 7 heteroatoms. The first-order valence-electron chi connectivity index (χ1n) is 6.88. The molecule has 0 fully saturated rings. The van der Waals surface area contributed by atoms with Gasteiger partial charge in [-0.1, -0.05) is 18.2 Å². The molecule has 0 spiro atoms. The number of benzene rings is 2. The summed E-state index contributed by atoms with van der Waals surface area (Å²) in [4.78, 5) is 0.196. The fourth-order valence-electron chi connectivity index (χ4n) is 2.00. The van der Waals surface area contributed by atoms with E-state index in [4.69, 9.17) is 14.2 Å². The number of nitrogens with one attached hydrogen (secondary N) is 1. The quantitative estimate of drug-likeness (QED) is 0.750. The van der Waals surface area contributed by atoms with Crippen LogP contribution in [-0.2, 0) is 26.1 Å². The topological polar surface area (TPSA) is 73.9 Å². The minimum absolute atomic E-state index is 0.134. The zero-order valence-corrected chi connectivity index (χ0v) is 13.8. The second-order valence-corrected chi connectivity index (χ2v) is 6.37. The van der Waals surface area contributed by atoms with Crippen LogP contribution in [0.1, 0.15) is 5.56 Å². The Morgan fingerprint density at radius 1 is 0.957 bits per heavy atom. The largest absolute Gasteiger partial charge is 0.468 e. The molecule has 124 valence electrons. The van der Waals surface area contributed by atoms with Crippen LogP contribution in [0.5, 0.6) is 5.75 Å². The van der Waals surface area contributed by atoms with Crippen LogP contribution < -0.4 is 9.46 Å². The molecule has 23 heavy (non-hydrogen) atoms. The third-order valence-electron chi connectivity index (χ3n) is 3.01. The number of methoxy groups -OCH3 is 2. The van der Waals surface area contributed by atoms with Crippen molar-refractivity contribution < 1.29 is 22.6 Å². The predicted octanol–water partition coefficient (Wildman–Crippen LogP) is 2.62. The Labute approximate surface area is 136 Å². The summed E-state index contributed by atoms with van der Waals surface area (Å²) < 4.78 is 42.7. The fourth-order valence-corrected chi connectivity index (χ4v) is 3.28. The Kier molecular flexibility index (Phi) is 5.97. The SMILES string of the molecule is COCOc1ccc(NS(=O)(=O)c2ccccc2COC)cc1. The molecular formula is C16H19NO5S.